The van der Waals surface area contributed by atoms with Gasteiger partial charge in [0.2, 0.25) is 17.7 Å². The first-order valence-electron chi connectivity index (χ1n) is 13.2. The van der Waals surface area contributed by atoms with Crippen molar-refractivity contribution >= 4 is 36.0 Å². The van der Waals surface area contributed by atoms with E-state index < -0.39 is 48.6 Å². The Bertz CT molecular complexity index is 1260. The molecule has 2 aromatic carbocycles. The van der Waals surface area contributed by atoms with Crippen molar-refractivity contribution in [1.82, 2.24) is 10.2 Å². The molecule has 11 nitrogen and oxygen atoms in total. The number of fused-ring (bicyclic) bond motifs is 1. The summed E-state index contributed by atoms with van der Waals surface area (Å²) >= 11 is 0. The molecular weight excluding hydrogens is 563 g/mol. The fraction of sp³-hybridized carbons (Fsp3) is 0.423. The van der Waals surface area contributed by atoms with Crippen LogP contribution in [0.3, 0.4) is 0 Å². The fourth-order valence-corrected chi connectivity index (χ4v) is 4.36. The minimum absolute atomic E-state index is 0.0209. The highest BCUT2D eigenvalue weighted by Gasteiger charge is 2.32. The van der Waals surface area contributed by atoms with Crippen molar-refractivity contribution in [2.45, 2.75) is 44.1 Å². The summed E-state index contributed by atoms with van der Waals surface area (Å²) in [7, 11) is -1.31. The number of carbonyl (C=O) groups is 3. The summed E-state index contributed by atoms with van der Waals surface area (Å²) in [5.41, 5.74) is 16.8. The summed E-state index contributed by atoms with van der Waals surface area (Å²) in [6.45, 7) is 0.968. The molecule has 1 aliphatic heterocycles. The lowest BCUT2D eigenvalue weighted by atomic mass is 9.79. The van der Waals surface area contributed by atoms with Crippen molar-refractivity contribution in [2.75, 3.05) is 31.5 Å². The third-order valence-corrected chi connectivity index (χ3v) is 6.66. The van der Waals surface area contributed by atoms with Gasteiger partial charge in [-0.3, -0.25) is 14.4 Å². The van der Waals surface area contributed by atoms with E-state index in [-0.39, 0.29) is 74.7 Å². The number of nitrogens with two attached hydrogens (primary N) is 3. The zero-order valence-corrected chi connectivity index (χ0v) is 22.6. The van der Waals surface area contributed by atoms with Crippen molar-refractivity contribution in [3.05, 3.63) is 58.9 Å². The van der Waals surface area contributed by atoms with Crippen molar-refractivity contribution in [1.29, 1.82) is 0 Å². The lowest BCUT2D eigenvalue weighted by molar-refractivity contribution is -0.137. The maximum absolute atomic E-state index is 14.7. The van der Waals surface area contributed by atoms with Crippen LogP contribution < -0.4 is 33.3 Å². The number of hydrogen-bond donors (Lipinski definition) is 6. The van der Waals surface area contributed by atoms with E-state index in [1.54, 1.807) is 0 Å². The van der Waals surface area contributed by atoms with Crippen LogP contribution in [-0.4, -0.2) is 73.0 Å². The zero-order chi connectivity index (χ0) is 31.0. The lowest BCUT2D eigenvalue weighted by Crippen LogP contribution is -2.51. The first-order valence-corrected chi connectivity index (χ1v) is 13.2. The molecular formula is C26H33BF4N6O5. The summed E-state index contributed by atoms with van der Waals surface area (Å²) in [6.07, 6.45) is -5.00. The van der Waals surface area contributed by atoms with Crippen LogP contribution in [-0.2, 0) is 38.2 Å². The molecule has 0 saturated heterocycles. The Hall–Kier alpha value is -3.57. The predicted molar refractivity (Wildman–Crippen MR) is 146 cm³/mol. The van der Waals surface area contributed by atoms with E-state index >= 15 is 0 Å². The molecule has 3 rings (SSSR count). The Balaban J connectivity index is 1.75. The van der Waals surface area contributed by atoms with Gasteiger partial charge in [-0.1, -0.05) is 12.1 Å². The molecule has 0 fully saturated rings. The molecule has 0 saturated carbocycles. The Morgan fingerprint density at radius 3 is 2.31 bits per heavy atom. The number of halogens is 4. The Morgan fingerprint density at radius 2 is 1.71 bits per heavy atom. The normalized spacial score (nSPS) is 14.2. The molecule has 0 aliphatic carbocycles. The van der Waals surface area contributed by atoms with Gasteiger partial charge in [0.1, 0.15) is 11.9 Å². The number of benzene rings is 2. The van der Waals surface area contributed by atoms with Gasteiger partial charge in [0.15, 0.2) is 0 Å². The molecule has 0 unspecified atom stereocenters. The molecule has 16 heteroatoms. The molecule has 228 valence electrons. The van der Waals surface area contributed by atoms with Crippen LogP contribution in [0.5, 0.6) is 0 Å². The van der Waals surface area contributed by atoms with E-state index in [9.17, 15) is 37.0 Å². The summed E-state index contributed by atoms with van der Waals surface area (Å²) in [5, 5.41) is 14.6. The first kappa shape index (κ1) is 32.9. The van der Waals surface area contributed by atoms with Crippen molar-refractivity contribution in [2.24, 2.45) is 17.2 Å². The van der Waals surface area contributed by atoms with Crippen LogP contribution in [0.1, 0.15) is 29.5 Å². The summed E-state index contributed by atoms with van der Waals surface area (Å²) in [5.74, 6) is -2.86. The van der Waals surface area contributed by atoms with Crippen molar-refractivity contribution in [3.63, 3.8) is 0 Å². The van der Waals surface area contributed by atoms with Gasteiger partial charge in [0.25, 0.3) is 0 Å². The van der Waals surface area contributed by atoms with Gasteiger partial charge in [-0.2, -0.15) is 13.2 Å². The third-order valence-electron chi connectivity index (χ3n) is 6.66. The molecule has 0 bridgehead atoms. The second-order valence-electron chi connectivity index (χ2n) is 9.75. The van der Waals surface area contributed by atoms with Crippen LogP contribution in [0.2, 0.25) is 0 Å². The van der Waals surface area contributed by atoms with Crippen LogP contribution in [0, 0.1) is 5.82 Å². The summed E-state index contributed by atoms with van der Waals surface area (Å²) < 4.78 is 58.8. The fourth-order valence-electron chi connectivity index (χ4n) is 4.36. The lowest BCUT2D eigenvalue weighted by Gasteiger charge is -2.23. The largest absolute Gasteiger partial charge is 0.491 e. The van der Waals surface area contributed by atoms with E-state index in [0.717, 1.165) is 30.3 Å². The average Bonchev–Trinajstić information content (AvgIpc) is 3.29. The number of rotatable bonds is 13. The minimum Gasteiger partial charge on any atom is -0.423 e. The number of nitrogens with one attached hydrogen (secondary N) is 2. The van der Waals surface area contributed by atoms with Gasteiger partial charge in [0, 0.05) is 39.0 Å². The van der Waals surface area contributed by atoms with Gasteiger partial charge in [-0.05, 0) is 47.3 Å². The SMILES string of the molecule is NCCN(CCN)C(=O)CC[C@H](N)C(=O)N[C@H](Cc1ccc(C(F)(F)F)cc1)C(=O)Nc1cc2c(cc1F)B(O)OC2. The molecule has 2 atom stereocenters. The van der Waals surface area contributed by atoms with Crippen LogP contribution in [0.15, 0.2) is 36.4 Å². The van der Waals surface area contributed by atoms with Gasteiger partial charge < -0.3 is 42.4 Å². The number of nitrogens with zero attached hydrogens (tertiary/aromatic N) is 1. The third kappa shape index (κ3) is 8.72. The summed E-state index contributed by atoms with van der Waals surface area (Å²) in [6, 6.07) is 3.69. The smallest absolute Gasteiger partial charge is 0.423 e. The molecule has 0 aromatic heterocycles. The maximum Gasteiger partial charge on any atom is 0.491 e. The molecule has 1 heterocycles. The minimum atomic E-state index is -4.57. The molecule has 2 aromatic rings. The van der Waals surface area contributed by atoms with Gasteiger partial charge >= 0.3 is 13.3 Å². The van der Waals surface area contributed by atoms with E-state index in [0.29, 0.717) is 5.56 Å². The molecule has 3 amide bonds. The maximum atomic E-state index is 14.7. The summed E-state index contributed by atoms with van der Waals surface area (Å²) in [4.78, 5) is 40.1. The highest BCUT2D eigenvalue weighted by Crippen LogP contribution is 2.29. The van der Waals surface area contributed by atoms with E-state index in [2.05, 4.69) is 10.6 Å². The van der Waals surface area contributed by atoms with E-state index in [1.165, 1.54) is 11.0 Å². The van der Waals surface area contributed by atoms with E-state index in [4.69, 9.17) is 21.9 Å². The number of hydrogen-bond acceptors (Lipinski definition) is 8. The highest BCUT2D eigenvalue weighted by atomic mass is 19.4. The first-order chi connectivity index (χ1) is 19.8. The van der Waals surface area contributed by atoms with E-state index in [1.807, 2.05) is 0 Å². The molecule has 0 spiro atoms. The quantitative estimate of drug-likeness (QED) is 0.133. The monoisotopic (exact) mass is 596 g/mol. The average molecular weight is 596 g/mol. The molecule has 42 heavy (non-hydrogen) atoms. The Morgan fingerprint density at radius 1 is 1.07 bits per heavy atom. The number of alkyl halides is 3. The highest BCUT2D eigenvalue weighted by molar-refractivity contribution is 6.61. The van der Waals surface area contributed by atoms with Crippen LogP contribution in [0.25, 0.3) is 0 Å². The Labute approximate surface area is 239 Å². The van der Waals surface area contributed by atoms with Gasteiger partial charge in [-0.15, -0.1) is 0 Å². The molecule has 0 radical (unpaired) electrons. The van der Waals surface area contributed by atoms with Gasteiger partial charge in [-0.25, -0.2) is 4.39 Å². The zero-order valence-electron chi connectivity index (χ0n) is 22.6. The number of anilines is 1. The van der Waals surface area contributed by atoms with Crippen molar-refractivity contribution < 1.29 is 41.6 Å². The second-order valence-corrected chi connectivity index (χ2v) is 9.75. The Kier molecular flexibility index (Phi) is 11.4. The molecule has 1 aliphatic rings. The van der Waals surface area contributed by atoms with Crippen LogP contribution in [0.4, 0.5) is 23.2 Å². The van der Waals surface area contributed by atoms with Crippen LogP contribution >= 0.6 is 0 Å². The topological polar surface area (TPSA) is 186 Å². The standard InChI is InChI=1S/C26H33BF4N6O5/c28-19-13-18-16(14-42-27(18)41)12-21(19)35-25(40)22(11-15-1-3-17(4-2-15)26(29,30)31)36-24(39)20(34)5-6-23(38)37(9-7-32)10-8-33/h1-4,12-13,20,22,41H,5-11,14,32-34H2,(H,35,40)(H,36,39)/t20-,22+/m0/s1. The predicted octanol–water partition coefficient (Wildman–Crippen LogP) is -0.418. The van der Waals surface area contributed by atoms with Crippen molar-refractivity contribution in [3.8, 4) is 0 Å². The van der Waals surface area contributed by atoms with Gasteiger partial charge in [0.05, 0.1) is 23.9 Å². The number of amides is 3. The number of carbonyl (C=O) groups excluding carboxylic acids is 3. The molecule has 9 N–H and O–H groups in total. The second kappa shape index (κ2) is 14.6.